The third kappa shape index (κ3) is 4.54. The Balaban J connectivity index is 1.47. The molecule has 0 unspecified atom stereocenters. The van der Waals surface area contributed by atoms with E-state index in [2.05, 4.69) is 10.5 Å². The van der Waals surface area contributed by atoms with E-state index in [0.717, 1.165) is 30.0 Å². The lowest BCUT2D eigenvalue weighted by Crippen LogP contribution is -2.32. The van der Waals surface area contributed by atoms with Crippen LogP contribution in [0.1, 0.15) is 50.1 Å². The molecule has 0 saturated heterocycles. The third-order valence-electron chi connectivity index (χ3n) is 4.38. The molecule has 7 heteroatoms. The lowest BCUT2D eigenvalue weighted by molar-refractivity contribution is -0.119. The van der Waals surface area contributed by atoms with Gasteiger partial charge in [0.1, 0.15) is 11.5 Å². The van der Waals surface area contributed by atoms with Gasteiger partial charge in [-0.15, -0.1) is 0 Å². The predicted octanol–water partition coefficient (Wildman–Crippen LogP) is 3.18. The molecule has 1 heterocycles. The number of benzene rings is 1. The van der Waals surface area contributed by atoms with E-state index in [0.29, 0.717) is 11.7 Å². The minimum absolute atomic E-state index is 0.0915. The quantitative estimate of drug-likeness (QED) is 0.728. The molecule has 26 heavy (non-hydrogen) atoms. The zero-order valence-electron chi connectivity index (χ0n) is 15.2. The van der Waals surface area contributed by atoms with Crippen LogP contribution in [0.15, 0.2) is 34.9 Å². The highest BCUT2D eigenvalue weighted by atomic mass is 16.7. The van der Waals surface area contributed by atoms with Gasteiger partial charge in [0.15, 0.2) is 12.6 Å². The molecule has 3 rings (SSSR count). The number of ether oxygens (including phenoxy) is 3. The molecule has 1 amide bonds. The average molecular weight is 360 g/mol. The molecule has 1 fully saturated rings. The van der Waals surface area contributed by atoms with Gasteiger partial charge in [-0.05, 0) is 44.0 Å². The monoisotopic (exact) mass is 360 g/mol. The number of carbonyl (C=O) groups excluding carboxylic acids is 1. The van der Waals surface area contributed by atoms with Gasteiger partial charge in [0, 0.05) is 26.0 Å². The molecule has 1 aliphatic rings. The van der Waals surface area contributed by atoms with Crippen LogP contribution in [0.2, 0.25) is 0 Å². The summed E-state index contributed by atoms with van der Waals surface area (Å²) < 4.78 is 21.5. The fourth-order valence-corrected chi connectivity index (χ4v) is 2.91. The van der Waals surface area contributed by atoms with Gasteiger partial charge >= 0.3 is 0 Å². The van der Waals surface area contributed by atoms with Gasteiger partial charge in [0.25, 0.3) is 0 Å². The summed E-state index contributed by atoms with van der Waals surface area (Å²) in [4.78, 5) is 11.1. The summed E-state index contributed by atoms with van der Waals surface area (Å²) >= 11 is 0. The Morgan fingerprint density at radius 2 is 2.00 bits per heavy atom. The Morgan fingerprint density at radius 1 is 1.31 bits per heavy atom. The Bertz CT molecular complexity index is 722. The molecular formula is C19H24N2O5. The Labute approximate surface area is 152 Å². The minimum Gasteiger partial charge on any atom is -0.490 e. The molecular weight excluding hydrogens is 336 g/mol. The van der Waals surface area contributed by atoms with E-state index < -0.39 is 0 Å². The molecule has 7 nitrogen and oxygen atoms in total. The summed E-state index contributed by atoms with van der Waals surface area (Å²) in [6.07, 6.45) is 1.95. The first-order valence-corrected chi connectivity index (χ1v) is 8.67. The molecule has 140 valence electrons. The van der Waals surface area contributed by atoms with Crippen LogP contribution < -0.4 is 14.8 Å². The number of aromatic nitrogens is 1. The van der Waals surface area contributed by atoms with Crippen molar-refractivity contribution in [2.24, 2.45) is 0 Å². The summed E-state index contributed by atoms with van der Waals surface area (Å²) in [5.41, 5.74) is 0.917. The number of nitrogens with one attached hydrogen (secondary N) is 1. The third-order valence-corrected chi connectivity index (χ3v) is 4.38. The highest BCUT2D eigenvalue weighted by Crippen LogP contribution is 2.39. The van der Waals surface area contributed by atoms with Gasteiger partial charge in [0.2, 0.25) is 5.91 Å². The predicted molar refractivity (Wildman–Crippen MR) is 94.1 cm³/mol. The highest BCUT2D eigenvalue weighted by molar-refractivity contribution is 5.73. The molecule has 1 aromatic carbocycles. The molecule has 1 atom stereocenters. The zero-order valence-corrected chi connectivity index (χ0v) is 15.2. The standard InChI is InChI=1S/C19H24N2O5/c1-12(20-13(2)22)19-10-18(21-26-19)14-8-17(9-14)25-16-6-4-15(5-7-16)24-11-23-3/h4-7,10,12,14,17H,8-9,11H2,1-3H3,(H,20,22)/t12-,14?,17?/m0/s1. The Hall–Kier alpha value is -2.54. The summed E-state index contributed by atoms with van der Waals surface area (Å²) in [6, 6.07) is 9.24. The van der Waals surface area contributed by atoms with Crippen molar-refractivity contribution in [1.29, 1.82) is 0 Å². The number of carbonyl (C=O) groups is 1. The minimum atomic E-state index is -0.181. The van der Waals surface area contributed by atoms with Crippen LogP contribution in [0.3, 0.4) is 0 Å². The number of hydrogen-bond donors (Lipinski definition) is 1. The average Bonchev–Trinajstić information content (AvgIpc) is 3.06. The van der Waals surface area contributed by atoms with Crippen LogP contribution in [0.25, 0.3) is 0 Å². The van der Waals surface area contributed by atoms with E-state index in [1.807, 2.05) is 37.3 Å². The fraction of sp³-hybridized carbons (Fsp3) is 0.474. The van der Waals surface area contributed by atoms with Gasteiger partial charge in [-0.1, -0.05) is 5.16 Å². The lowest BCUT2D eigenvalue weighted by atomic mass is 9.80. The molecule has 1 aliphatic carbocycles. The molecule has 0 bridgehead atoms. The van der Waals surface area contributed by atoms with Gasteiger partial charge < -0.3 is 24.1 Å². The molecule has 1 saturated carbocycles. The molecule has 2 aromatic rings. The van der Waals surface area contributed by atoms with E-state index in [-0.39, 0.29) is 24.8 Å². The number of hydrogen-bond acceptors (Lipinski definition) is 6. The van der Waals surface area contributed by atoms with Gasteiger partial charge in [-0.2, -0.15) is 0 Å². The number of rotatable bonds is 8. The van der Waals surface area contributed by atoms with E-state index in [9.17, 15) is 4.79 Å². The maximum Gasteiger partial charge on any atom is 0.217 e. The second-order valence-electron chi connectivity index (χ2n) is 6.51. The van der Waals surface area contributed by atoms with E-state index in [4.69, 9.17) is 18.7 Å². The lowest BCUT2D eigenvalue weighted by Gasteiger charge is -2.34. The molecule has 0 aliphatic heterocycles. The SMILES string of the molecule is COCOc1ccc(OC2CC(c3cc([C@H](C)NC(C)=O)on3)C2)cc1. The van der Waals surface area contributed by atoms with Gasteiger partial charge in [0.05, 0.1) is 17.8 Å². The van der Waals surface area contributed by atoms with Crippen molar-refractivity contribution >= 4 is 5.91 Å². The van der Waals surface area contributed by atoms with E-state index in [1.165, 1.54) is 6.92 Å². The normalized spacial score (nSPS) is 20.1. The first kappa shape index (κ1) is 18.3. The van der Waals surface area contributed by atoms with Crippen LogP contribution in [0, 0.1) is 0 Å². The van der Waals surface area contributed by atoms with Crippen LogP contribution in [0.5, 0.6) is 11.5 Å². The first-order chi connectivity index (χ1) is 12.5. The van der Waals surface area contributed by atoms with E-state index >= 15 is 0 Å². The van der Waals surface area contributed by atoms with Crippen LogP contribution in [-0.2, 0) is 9.53 Å². The van der Waals surface area contributed by atoms with E-state index in [1.54, 1.807) is 7.11 Å². The van der Waals surface area contributed by atoms with Crippen molar-refractivity contribution in [3.05, 3.63) is 41.8 Å². The summed E-state index contributed by atoms with van der Waals surface area (Å²) in [7, 11) is 1.59. The van der Waals surface area contributed by atoms with Gasteiger partial charge in [-0.25, -0.2) is 0 Å². The van der Waals surface area contributed by atoms with Crippen molar-refractivity contribution in [2.75, 3.05) is 13.9 Å². The first-order valence-electron chi connectivity index (χ1n) is 8.67. The van der Waals surface area contributed by atoms with Crippen molar-refractivity contribution in [1.82, 2.24) is 10.5 Å². The number of nitrogens with zero attached hydrogens (tertiary/aromatic N) is 1. The Kier molecular flexibility index (Phi) is 5.78. The fourth-order valence-electron chi connectivity index (χ4n) is 2.91. The Morgan fingerprint density at radius 3 is 2.65 bits per heavy atom. The largest absolute Gasteiger partial charge is 0.490 e. The molecule has 0 radical (unpaired) electrons. The molecule has 1 aromatic heterocycles. The van der Waals surface area contributed by atoms with Crippen molar-refractivity contribution < 1.29 is 23.5 Å². The van der Waals surface area contributed by atoms with Crippen molar-refractivity contribution in [2.45, 2.75) is 44.8 Å². The van der Waals surface area contributed by atoms with Crippen LogP contribution >= 0.6 is 0 Å². The number of methoxy groups -OCH3 is 1. The van der Waals surface area contributed by atoms with Crippen molar-refractivity contribution in [3.8, 4) is 11.5 Å². The second kappa shape index (κ2) is 8.23. The summed E-state index contributed by atoms with van der Waals surface area (Å²) in [5, 5.41) is 6.93. The second-order valence-corrected chi connectivity index (χ2v) is 6.51. The smallest absolute Gasteiger partial charge is 0.217 e. The number of amides is 1. The highest BCUT2D eigenvalue weighted by Gasteiger charge is 2.34. The molecule has 0 spiro atoms. The van der Waals surface area contributed by atoms with Crippen LogP contribution in [-0.4, -0.2) is 31.1 Å². The summed E-state index contributed by atoms with van der Waals surface area (Å²) in [6.45, 7) is 3.58. The zero-order chi connectivity index (χ0) is 18.5. The summed E-state index contributed by atoms with van der Waals surface area (Å²) in [5.74, 6) is 2.47. The van der Waals surface area contributed by atoms with Crippen LogP contribution in [0.4, 0.5) is 0 Å². The topological polar surface area (TPSA) is 82.8 Å². The van der Waals surface area contributed by atoms with Gasteiger partial charge in [-0.3, -0.25) is 4.79 Å². The maximum absolute atomic E-state index is 11.1. The maximum atomic E-state index is 11.1. The molecule has 1 N–H and O–H groups in total. The van der Waals surface area contributed by atoms with Crippen molar-refractivity contribution in [3.63, 3.8) is 0 Å².